The highest BCUT2D eigenvalue weighted by Gasteiger charge is 2.45. The lowest BCUT2D eigenvalue weighted by Gasteiger charge is -2.11. The fourth-order valence-corrected chi connectivity index (χ4v) is 2.25. The van der Waals surface area contributed by atoms with E-state index in [9.17, 15) is 4.79 Å². The first-order valence-electron chi connectivity index (χ1n) is 7.16. The van der Waals surface area contributed by atoms with Gasteiger partial charge in [-0.2, -0.15) is 0 Å². The molecule has 20 heavy (non-hydrogen) atoms. The lowest BCUT2D eigenvalue weighted by atomic mass is 10.1. The molecule has 1 aliphatic rings. The number of esters is 1. The number of likely N-dealkylation sites (N-methyl/N-ethyl adjacent to an activating group) is 1. The summed E-state index contributed by atoms with van der Waals surface area (Å²) < 4.78 is 10.8. The molecular weight excluding hydrogens is 254 g/mol. The van der Waals surface area contributed by atoms with Gasteiger partial charge in [-0.05, 0) is 51.1 Å². The second kappa shape index (κ2) is 6.75. The van der Waals surface area contributed by atoms with Gasteiger partial charge in [0.05, 0.1) is 12.5 Å². The molecule has 2 rings (SSSR count). The molecule has 0 aromatic heterocycles. The van der Waals surface area contributed by atoms with Crippen molar-refractivity contribution in [3.63, 3.8) is 0 Å². The molecule has 0 bridgehead atoms. The van der Waals surface area contributed by atoms with Crippen LogP contribution in [-0.4, -0.2) is 44.7 Å². The summed E-state index contributed by atoms with van der Waals surface area (Å²) in [6.07, 6.45) is 0.889. The molecular formula is C16H23NO3. The van der Waals surface area contributed by atoms with E-state index in [0.717, 1.165) is 18.7 Å². The van der Waals surface area contributed by atoms with Crippen molar-refractivity contribution >= 4 is 5.97 Å². The van der Waals surface area contributed by atoms with Crippen molar-refractivity contribution in [1.82, 2.24) is 4.90 Å². The van der Waals surface area contributed by atoms with Crippen molar-refractivity contribution in [3.8, 4) is 5.75 Å². The number of benzene rings is 1. The summed E-state index contributed by atoms with van der Waals surface area (Å²) >= 11 is 0. The molecule has 1 aromatic rings. The third kappa shape index (κ3) is 3.97. The van der Waals surface area contributed by atoms with Crippen LogP contribution in [-0.2, 0) is 9.53 Å². The molecule has 0 N–H and O–H groups in total. The Balaban J connectivity index is 1.89. The fourth-order valence-electron chi connectivity index (χ4n) is 2.25. The highest BCUT2D eigenvalue weighted by Crippen LogP contribution is 2.48. The predicted molar refractivity (Wildman–Crippen MR) is 78.0 cm³/mol. The number of ether oxygens (including phenoxy) is 2. The summed E-state index contributed by atoms with van der Waals surface area (Å²) in [5, 5.41) is 0. The second-order valence-electron chi connectivity index (χ2n) is 5.42. The van der Waals surface area contributed by atoms with Crippen molar-refractivity contribution in [3.05, 3.63) is 29.8 Å². The molecule has 0 saturated heterocycles. The Labute approximate surface area is 120 Å². The molecule has 1 aliphatic carbocycles. The summed E-state index contributed by atoms with van der Waals surface area (Å²) in [6.45, 7) is 3.85. The SMILES string of the molecule is CCOC(=O)C1CC1c1cccc(OCCN(C)C)c1. The number of rotatable bonds is 7. The van der Waals surface area contributed by atoms with Crippen molar-refractivity contribution < 1.29 is 14.3 Å². The summed E-state index contributed by atoms with van der Waals surface area (Å²) in [4.78, 5) is 13.7. The highest BCUT2D eigenvalue weighted by molar-refractivity contribution is 5.77. The van der Waals surface area contributed by atoms with Crippen molar-refractivity contribution in [2.75, 3.05) is 33.9 Å². The van der Waals surface area contributed by atoms with Gasteiger partial charge in [0.1, 0.15) is 12.4 Å². The van der Waals surface area contributed by atoms with Crippen LogP contribution < -0.4 is 4.74 Å². The van der Waals surface area contributed by atoms with Crippen LogP contribution in [0.4, 0.5) is 0 Å². The Morgan fingerprint density at radius 3 is 2.90 bits per heavy atom. The third-order valence-corrected chi connectivity index (χ3v) is 3.47. The first-order valence-corrected chi connectivity index (χ1v) is 7.16. The molecule has 0 heterocycles. The van der Waals surface area contributed by atoms with E-state index in [1.807, 2.05) is 39.2 Å². The molecule has 0 spiro atoms. The molecule has 1 fully saturated rings. The van der Waals surface area contributed by atoms with Crippen LogP contribution in [0.15, 0.2) is 24.3 Å². The normalized spacial score (nSPS) is 20.8. The quantitative estimate of drug-likeness (QED) is 0.717. The third-order valence-electron chi connectivity index (χ3n) is 3.47. The number of hydrogen-bond donors (Lipinski definition) is 0. The zero-order chi connectivity index (χ0) is 14.5. The standard InChI is InChI=1S/C16H23NO3/c1-4-19-16(18)15-11-14(15)12-6-5-7-13(10-12)20-9-8-17(2)3/h5-7,10,14-15H,4,8-9,11H2,1-3H3. The number of nitrogens with zero attached hydrogens (tertiary/aromatic N) is 1. The zero-order valence-electron chi connectivity index (χ0n) is 12.5. The molecule has 1 aromatic carbocycles. The Morgan fingerprint density at radius 1 is 1.40 bits per heavy atom. The predicted octanol–water partition coefficient (Wildman–Crippen LogP) is 2.29. The van der Waals surface area contributed by atoms with Gasteiger partial charge in [0.15, 0.2) is 0 Å². The summed E-state index contributed by atoms with van der Waals surface area (Å²) in [5.74, 6) is 1.13. The van der Waals surface area contributed by atoms with Crippen LogP contribution in [0.3, 0.4) is 0 Å². The first kappa shape index (κ1) is 14.9. The van der Waals surface area contributed by atoms with Gasteiger partial charge >= 0.3 is 5.97 Å². The van der Waals surface area contributed by atoms with Crippen LogP contribution in [0.2, 0.25) is 0 Å². The lowest BCUT2D eigenvalue weighted by molar-refractivity contribution is -0.144. The van der Waals surface area contributed by atoms with Crippen LogP contribution in [0.5, 0.6) is 5.75 Å². The largest absolute Gasteiger partial charge is 0.492 e. The first-order chi connectivity index (χ1) is 9.61. The van der Waals surface area contributed by atoms with Gasteiger partial charge in [-0.3, -0.25) is 4.79 Å². The van der Waals surface area contributed by atoms with Crippen molar-refractivity contribution in [1.29, 1.82) is 0 Å². The van der Waals surface area contributed by atoms with Gasteiger partial charge in [-0.15, -0.1) is 0 Å². The average Bonchev–Trinajstić information content (AvgIpc) is 3.19. The van der Waals surface area contributed by atoms with Gasteiger partial charge in [0.25, 0.3) is 0 Å². The smallest absolute Gasteiger partial charge is 0.309 e. The van der Waals surface area contributed by atoms with E-state index in [1.165, 1.54) is 5.56 Å². The Bertz CT molecular complexity index is 459. The van der Waals surface area contributed by atoms with E-state index in [4.69, 9.17) is 9.47 Å². The summed E-state index contributed by atoms with van der Waals surface area (Å²) in [6, 6.07) is 8.05. The Hall–Kier alpha value is -1.55. The Kier molecular flexibility index (Phi) is 5.01. The van der Waals surface area contributed by atoms with Crippen molar-refractivity contribution in [2.45, 2.75) is 19.3 Å². The molecule has 1 saturated carbocycles. The van der Waals surface area contributed by atoms with E-state index < -0.39 is 0 Å². The zero-order valence-corrected chi connectivity index (χ0v) is 12.5. The molecule has 4 nitrogen and oxygen atoms in total. The maximum absolute atomic E-state index is 11.7. The van der Waals surface area contributed by atoms with Gasteiger partial charge in [0, 0.05) is 6.54 Å². The molecule has 0 radical (unpaired) electrons. The van der Waals surface area contributed by atoms with E-state index in [2.05, 4.69) is 11.0 Å². The highest BCUT2D eigenvalue weighted by atomic mass is 16.5. The molecule has 0 amide bonds. The molecule has 0 aliphatic heterocycles. The van der Waals surface area contributed by atoms with Crippen LogP contribution >= 0.6 is 0 Å². The molecule has 2 atom stereocenters. The van der Waals surface area contributed by atoms with E-state index in [1.54, 1.807) is 0 Å². The van der Waals surface area contributed by atoms with Gasteiger partial charge in [0.2, 0.25) is 0 Å². The molecule has 4 heteroatoms. The monoisotopic (exact) mass is 277 g/mol. The second-order valence-corrected chi connectivity index (χ2v) is 5.42. The van der Waals surface area contributed by atoms with Crippen LogP contribution in [0, 0.1) is 5.92 Å². The minimum absolute atomic E-state index is 0.0342. The van der Waals surface area contributed by atoms with E-state index >= 15 is 0 Å². The number of carbonyl (C=O) groups excluding carboxylic acids is 1. The molecule has 110 valence electrons. The maximum Gasteiger partial charge on any atom is 0.309 e. The Morgan fingerprint density at radius 2 is 2.20 bits per heavy atom. The maximum atomic E-state index is 11.7. The average molecular weight is 277 g/mol. The number of hydrogen-bond acceptors (Lipinski definition) is 4. The van der Waals surface area contributed by atoms with Crippen molar-refractivity contribution in [2.24, 2.45) is 5.92 Å². The topological polar surface area (TPSA) is 38.8 Å². The van der Waals surface area contributed by atoms with Crippen LogP contribution in [0.25, 0.3) is 0 Å². The fraction of sp³-hybridized carbons (Fsp3) is 0.562. The van der Waals surface area contributed by atoms with Gasteiger partial charge in [-0.25, -0.2) is 0 Å². The lowest BCUT2D eigenvalue weighted by Crippen LogP contribution is -2.19. The number of carbonyl (C=O) groups is 1. The van der Waals surface area contributed by atoms with Gasteiger partial charge in [-0.1, -0.05) is 12.1 Å². The summed E-state index contributed by atoms with van der Waals surface area (Å²) in [7, 11) is 4.04. The van der Waals surface area contributed by atoms with Crippen LogP contribution in [0.1, 0.15) is 24.8 Å². The van der Waals surface area contributed by atoms with E-state index in [-0.39, 0.29) is 11.9 Å². The minimum Gasteiger partial charge on any atom is -0.492 e. The van der Waals surface area contributed by atoms with Gasteiger partial charge < -0.3 is 14.4 Å². The summed E-state index contributed by atoms with van der Waals surface area (Å²) in [5.41, 5.74) is 1.17. The minimum atomic E-state index is -0.0728. The van der Waals surface area contributed by atoms with E-state index in [0.29, 0.717) is 19.1 Å². The molecule has 2 unspecified atom stereocenters.